The van der Waals surface area contributed by atoms with Gasteiger partial charge >= 0.3 is 25.8 Å². The van der Waals surface area contributed by atoms with Crippen molar-refractivity contribution in [2.75, 3.05) is 39.3 Å². The first-order valence-corrected chi connectivity index (χ1v) is 15.0. The molecule has 0 aliphatic rings. The zero-order valence-corrected chi connectivity index (χ0v) is 26.5. The summed E-state index contributed by atoms with van der Waals surface area (Å²) in [6.07, 6.45) is 7.17. The summed E-state index contributed by atoms with van der Waals surface area (Å²) in [6, 6.07) is 8.67. The second kappa shape index (κ2) is 36.7. The van der Waals surface area contributed by atoms with Gasteiger partial charge in [0.05, 0.1) is 0 Å². The molecule has 0 aliphatic heterocycles. The van der Waals surface area contributed by atoms with Crippen molar-refractivity contribution in [2.24, 2.45) is 0 Å². The Morgan fingerprint density at radius 3 is 0.900 bits per heavy atom. The van der Waals surface area contributed by atoms with Gasteiger partial charge in [-0.15, -0.1) is 39.3 Å². The van der Waals surface area contributed by atoms with Gasteiger partial charge in [-0.2, -0.15) is 17.3 Å². The van der Waals surface area contributed by atoms with Crippen molar-refractivity contribution in [1.82, 2.24) is 0 Å². The molecular formula is C25H53HfN3Si. The fourth-order valence-corrected chi connectivity index (χ4v) is 3.05. The molecule has 5 heteroatoms. The molecule has 0 aliphatic carbocycles. The average Bonchev–Trinajstić information content (AvgIpc) is 3.26. The van der Waals surface area contributed by atoms with E-state index in [2.05, 4.69) is 94.9 Å². The van der Waals surface area contributed by atoms with E-state index in [4.69, 9.17) is 0 Å². The Morgan fingerprint density at radius 2 is 0.767 bits per heavy atom. The van der Waals surface area contributed by atoms with Gasteiger partial charge in [0.1, 0.15) is 0 Å². The van der Waals surface area contributed by atoms with Crippen molar-refractivity contribution >= 4 is 14.0 Å². The second-order valence-corrected chi connectivity index (χ2v) is 10.4. The molecule has 0 aromatic heterocycles. The predicted molar refractivity (Wildman–Crippen MR) is 142 cm³/mol. The van der Waals surface area contributed by atoms with Crippen LogP contribution in [0.25, 0.3) is 16.0 Å². The average molecular weight is 602 g/mol. The molecule has 0 spiro atoms. The summed E-state index contributed by atoms with van der Waals surface area (Å²) in [7, 11) is -0.480. The Kier molecular flexibility index (Phi) is 46.0. The van der Waals surface area contributed by atoms with Gasteiger partial charge in [-0.05, 0) is 0 Å². The van der Waals surface area contributed by atoms with Crippen LogP contribution in [0.3, 0.4) is 0 Å². The monoisotopic (exact) mass is 603 g/mol. The SMILES string of the molecule is CCC[N-]CCC.CCC[N-]CCC.CCC[N-]CCC.C[SiH](C)[c-]1cccc1.[Hf+4]. The molecule has 0 heterocycles. The molecule has 0 fully saturated rings. The van der Waals surface area contributed by atoms with Crippen LogP contribution in [-0.4, -0.2) is 48.1 Å². The zero-order chi connectivity index (χ0) is 22.6. The fourth-order valence-electron chi connectivity index (χ4n) is 2.06. The van der Waals surface area contributed by atoms with Crippen molar-refractivity contribution in [3.63, 3.8) is 0 Å². The number of nitrogens with zero attached hydrogens (tertiary/aromatic N) is 3. The van der Waals surface area contributed by atoms with E-state index >= 15 is 0 Å². The zero-order valence-electron chi connectivity index (χ0n) is 21.7. The molecule has 0 radical (unpaired) electrons. The first-order chi connectivity index (χ1) is 14.0. The summed E-state index contributed by atoms with van der Waals surface area (Å²) in [5.41, 5.74) is 0. The molecule has 176 valence electrons. The Bertz CT molecular complexity index is 310. The molecule has 0 saturated carbocycles. The molecule has 3 nitrogen and oxygen atoms in total. The van der Waals surface area contributed by atoms with E-state index in [1.165, 1.54) is 38.5 Å². The van der Waals surface area contributed by atoms with Gasteiger partial charge in [-0.3, -0.25) is 0 Å². The third-order valence-corrected chi connectivity index (χ3v) is 5.36. The molecule has 0 bridgehead atoms. The normalized spacial score (nSPS) is 9.37. The van der Waals surface area contributed by atoms with Gasteiger partial charge in [-0.1, -0.05) is 93.2 Å². The Balaban J connectivity index is -0.000000149. The molecule has 0 saturated heterocycles. The fraction of sp³-hybridized carbons (Fsp3) is 0.800. The smallest absolute Gasteiger partial charge is 0.662 e. The van der Waals surface area contributed by atoms with Gasteiger partial charge < -0.3 is 16.0 Å². The number of hydrogen-bond donors (Lipinski definition) is 0. The number of hydrogen-bond acceptors (Lipinski definition) is 0. The molecular weight excluding hydrogens is 549 g/mol. The topological polar surface area (TPSA) is 42.3 Å². The van der Waals surface area contributed by atoms with Crippen molar-refractivity contribution in [2.45, 2.75) is 93.2 Å². The van der Waals surface area contributed by atoms with Crippen LogP contribution in [0, 0.1) is 0 Å². The van der Waals surface area contributed by atoms with Crippen LogP contribution in [0.15, 0.2) is 24.3 Å². The first-order valence-electron chi connectivity index (χ1n) is 12.2. The minimum Gasteiger partial charge on any atom is -0.662 e. The quantitative estimate of drug-likeness (QED) is 0.127. The molecule has 1 aromatic rings. The van der Waals surface area contributed by atoms with E-state index in [9.17, 15) is 0 Å². The minimum atomic E-state index is -0.480. The van der Waals surface area contributed by atoms with Crippen LogP contribution in [-0.2, 0) is 25.8 Å². The molecule has 0 unspecified atom stereocenters. The predicted octanol–water partition coefficient (Wildman–Crippen LogP) is 7.64. The number of rotatable bonds is 13. The summed E-state index contributed by atoms with van der Waals surface area (Å²) < 4.78 is 0. The van der Waals surface area contributed by atoms with E-state index < -0.39 is 8.80 Å². The molecule has 30 heavy (non-hydrogen) atoms. The third-order valence-electron chi connectivity index (χ3n) is 3.65. The van der Waals surface area contributed by atoms with Crippen LogP contribution in [0.1, 0.15) is 80.1 Å². The van der Waals surface area contributed by atoms with E-state index in [-0.39, 0.29) is 25.8 Å². The summed E-state index contributed by atoms with van der Waals surface area (Å²) in [6.45, 7) is 23.9. The van der Waals surface area contributed by atoms with E-state index in [0.29, 0.717) is 0 Å². The summed E-state index contributed by atoms with van der Waals surface area (Å²) in [4.78, 5) is 0. The van der Waals surface area contributed by atoms with Crippen LogP contribution < -0.4 is 5.19 Å². The maximum Gasteiger partial charge on any atom is 4.00 e. The molecule has 1 aromatic carbocycles. The maximum atomic E-state index is 4.21. The van der Waals surface area contributed by atoms with Crippen LogP contribution in [0.2, 0.25) is 13.1 Å². The molecule has 0 N–H and O–H groups in total. The van der Waals surface area contributed by atoms with Crippen LogP contribution in [0.5, 0.6) is 0 Å². The van der Waals surface area contributed by atoms with Crippen molar-refractivity contribution < 1.29 is 25.8 Å². The van der Waals surface area contributed by atoms with E-state index in [1.54, 1.807) is 5.19 Å². The van der Waals surface area contributed by atoms with Crippen molar-refractivity contribution in [3.05, 3.63) is 40.2 Å². The van der Waals surface area contributed by atoms with Gasteiger partial charge in [0.15, 0.2) is 0 Å². The Labute approximate surface area is 211 Å². The van der Waals surface area contributed by atoms with Gasteiger partial charge in [0.25, 0.3) is 0 Å². The first kappa shape index (κ1) is 37.6. The maximum absolute atomic E-state index is 4.21. The van der Waals surface area contributed by atoms with Crippen molar-refractivity contribution in [3.8, 4) is 0 Å². The van der Waals surface area contributed by atoms with Crippen molar-refractivity contribution in [1.29, 1.82) is 0 Å². The Hall–Kier alpha value is 0.317. The van der Waals surface area contributed by atoms with E-state index in [0.717, 1.165) is 39.3 Å². The van der Waals surface area contributed by atoms with Crippen LogP contribution in [0.4, 0.5) is 0 Å². The summed E-state index contributed by atoms with van der Waals surface area (Å²) in [5, 5.41) is 14.2. The molecule has 1 rings (SSSR count). The standard InChI is InChI=1S/C7H11Si.3C6H14N.Hf/c1-8(2)7-5-3-4-6-7;3*1-3-5-7-6-4-2;/h3-6,8H,1-2H3;3*3-6H2,1-2H3;/q4*-1;+4. The minimum absolute atomic E-state index is 0. The molecule has 0 atom stereocenters. The molecule has 0 amide bonds. The van der Waals surface area contributed by atoms with E-state index in [1.807, 2.05) is 0 Å². The largest absolute Gasteiger partial charge is 4.00 e. The summed E-state index contributed by atoms with van der Waals surface area (Å²) in [5.74, 6) is 0. The third kappa shape index (κ3) is 38.9. The van der Waals surface area contributed by atoms with Crippen LogP contribution >= 0.6 is 0 Å². The van der Waals surface area contributed by atoms with Gasteiger partial charge in [0.2, 0.25) is 0 Å². The second-order valence-electron chi connectivity index (χ2n) is 7.39. The Morgan fingerprint density at radius 1 is 0.533 bits per heavy atom. The summed E-state index contributed by atoms with van der Waals surface area (Å²) >= 11 is 0. The van der Waals surface area contributed by atoms with Gasteiger partial charge in [-0.25, -0.2) is 12.1 Å². The van der Waals surface area contributed by atoms with Gasteiger partial charge in [0, 0.05) is 8.80 Å².